The van der Waals surface area contributed by atoms with Crippen molar-refractivity contribution in [1.82, 2.24) is 9.21 Å². The zero-order valence-electron chi connectivity index (χ0n) is 22.4. The first-order valence-corrected chi connectivity index (χ1v) is 15.7. The van der Waals surface area contributed by atoms with E-state index in [-0.39, 0.29) is 29.9 Å². The highest BCUT2D eigenvalue weighted by molar-refractivity contribution is 7.89. The van der Waals surface area contributed by atoms with E-state index in [2.05, 4.69) is 35.7 Å². The van der Waals surface area contributed by atoms with Gasteiger partial charge in [0.2, 0.25) is 15.9 Å². The lowest BCUT2D eigenvalue weighted by Crippen LogP contribution is -2.47. The maximum Gasteiger partial charge on any atom is 0.244 e. The lowest BCUT2D eigenvalue weighted by Gasteiger charge is -2.37. The molecule has 0 fully saturated rings. The average molecular weight is 563 g/mol. The maximum absolute atomic E-state index is 14.1. The summed E-state index contributed by atoms with van der Waals surface area (Å²) in [5, 5.41) is 3.57. The molecule has 0 N–H and O–H groups in total. The van der Waals surface area contributed by atoms with Crippen LogP contribution in [0.4, 0.5) is 0 Å². The number of rotatable bonds is 10. The molecule has 4 aromatic rings. The van der Waals surface area contributed by atoms with E-state index >= 15 is 0 Å². The minimum absolute atomic E-state index is 0.197. The number of ether oxygens (including phenoxy) is 1. The maximum atomic E-state index is 14.1. The Morgan fingerprint density at radius 2 is 1.82 bits per heavy atom. The summed E-state index contributed by atoms with van der Waals surface area (Å²) in [5.41, 5.74) is 3.32. The van der Waals surface area contributed by atoms with Crippen LogP contribution in [0.5, 0.6) is 0 Å². The fourth-order valence-electron chi connectivity index (χ4n) is 5.27. The first-order chi connectivity index (χ1) is 18.9. The predicted molar refractivity (Wildman–Crippen MR) is 157 cm³/mol. The summed E-state index contributed by atoms with van der Waals surface area (Å²) in [5.74, 6) is -0.197. The molecule has 5 rings (SSSR count). The summed E-state index contributed by atoms with van der Waals surface area (Å²) >= 11 is 1.71. The second kappa shape index (κ2) is 12.0. The summed E-state index contributed by atoms with van der Waals surface area (Å²) in [6.07, 6.45) is 1.27. The Bertz CT molecular complexity index is 1540. The minimum atomic E-state index is -3.95. The van der Waals surface area contributed by atoms with E-state index in [1.807, 2.05) is 49.1 Å². The number of nitrogens with zero attached hydrogens (tertiary/aromatic N) is 2. The number of hydrogen-bond donors (Lipinski definition) is 0. The van der Waals surface area contributed by atoms with Crippen molar-refractivity contribution in [1.29, 1.82) is 0 Å². The minimum Gasteiger partial charge on any atom is -0.382 e. The van der Waals surface area contributed by atoms with Gasteiger partial charge in [-0.05, 0) is 60.7 Å². The Labute approximate surface area is 234 Å². The van der Waals surface area contributed by atoms with Crippen LogP contribution in [-0.4, -0.2) is 56.4 Å². The molecule has 8 heteroatoms. The molecule has 204 valence electrons. The van der Waals surface area contributed by atoms with E-state index in [9.17, 15) is 13.2 Å². The van der Waals surface area contributed by atoms with Crippen LogP contribution in [0.15, 0.2) is 83.1 Å². The van der Waals surface area contributed by atoms with Gasteiger partial charge >= 0.3 is 0 Å². The van der Waals surface area contributed by atoms with Crippen LogP contribution in [0.3, 0.4) is 0 Å². The monoisotopic (exact) mass is 562 g/mol. The first-order valence-electron chi connectivity index (χ1n) is 13.4. The van der Waals surface area contributed by atoms with Crippen molar-refractivity contribution in [3.63, 3.8) is 0 Å². The average Bonchev–Trinajstić information content (AvgIpc) is 3.43. The van der Waals surface area contributed by atoms with Crippen LogP contribution in [0.25, 0.3) is 10.8 Å². The van der Waals surface area contributed by atoms with Crippen molar-refractivity contribution in [2.75, 3.05) is 32.8 Å². The smallest absolute Gasteiger partial charge is 0.244 e. The van der Waals surface area contributed by atoms with E-state index in [1.165, 1.54) is 9.18 Å². The van der Waals surface area contributed by atoms with Crippen molar-refractivity contribution in [3.05, 3.63) is 99.7 Å². The second-order valence-corrected chi connectivity index (χ2v) is 12.7. The standard InChI is InChI=1S/C31H34N2O4S2/c1-3-37-20-7-18-32(39(35,36)29-11-6-9-24-8-4-5-10-26(24)29)22-30(34)33-19-16-28-27(17-21-38-28)31(33)25-14-12-23(2)13-15-25/h4-6,8-15,17,21,31H,3,7,16,18-20,22H2,1-2H3. The Balaban J connectivity index is 1.48. The molecule has 1 aliphatic heterocycles. The van der Waals surface area contributed by atoms with Gasteiger partial charge in [-0.1, -0.05) is 66.2 Å². The molecule has 0 saturated heterocycles. The molecule has 6 nitrogen and oxygen atoms in total. The fraction of sp³-hybridized carbons (Fsp3) is 0.323. The number of amides is 1. The number of aryl methyl sites for hydroxylation is 1. The Hall–Kier alpha value is -3.04. The third-order valence-electron chi connectivity index (χ3n) is 7.26. The van der Waals surface area contributed by atoms with E-state index in [1.54, 1.807) is 23.5 Å². The number of thiophene rings is 1. The summed E-state index contributed by atoms with van der Waals surface area (Å²) < 4.78 is 35.0. The highest BCUT2D eigenvalue weighted by Gasteiger charge is 2.36. The molecule has 3 aromatic carbocycles. The first kappa shape index (κ1) is 27.5. The summed E-state index contributed by atoms with van der Waals surface area (Å²) in [4.78, 5) is 17.4. The SMILES string of the molecule is CCOCCCN(CC(=O)N1CCc2sccc2C1c1ccc(C)cc1)S(=O)(=O)c1cccc2ccccc12. The molecule has 1 atom stereocenters. The number of carbonyl (C=O) groups is 1. The van der Waals surface area contributed by atoms with E-state index in [0.717, 1.165) is 28.5 Å². The molecule has 0 spiro atoms. The lowest BCUT2D eigenvalue weighted by atomic mass is 9.92. The molecule has 1 aliphatic rings. The van der Waals surface area contributed by atoms with Gasteiger partial charge in [-0.15, -0.1) is 11.3 Å². The van der Waals surface area contributed by atoms with Gasteiger partial charge in [-0.25, -0.2) is 8.42 Å². The largest absolute Gasteiger partial charge is 0.382 e. The molecule has 0 saturated carbocycles. The zero-order valence-corrected chi connectivity index (χ0v) is 24.0. The number of benzene rings is 3. The van der Waals surface area contributed by atoms with Gasteiger partial charge in [0.05, 0.1) is 17.5 Å². The van der Waals surface area contributed by atoms with Crippen LogP contribution < -0.4 is 0 Å². The number of sulfonamides is 1. The Kier molecular flexibility index (Phi) is 8.47. The molecular weight excluding hydrogens is 528 g/mol. The van der Waals surface area contributed by atoms with Crippen LogP contribution >= 0.6 is 11.3 Å². The normalized spacial score (nSPS) is 15.6. The second-order valence-electron chi connectivity index (χ2n) is 9.82. The van der Waals surface area contributed by atoms with E-state index < -0.39 is 10.0 Å². The van der Waals surface area contributed by atoms with Crippen molar-refractivity contribution >= 4 is 38.0 Å². The molecule has 1 aromatic heterocycles. The topological polar surface area (TPSA) is 66.9 Å². The van der Waals surface area contributed by atoms with Crippen molar-refractivity contribution < 1.29 is 17.9 Å². The van der Waals surface area contributed by atoms with Gasteiger partial charge in [0, 0.05) is 36.6 Å². The lowest BCUT2D eigenvalue weighted by molar-refractivity contribution is -0.133. The highest BCUT2D eigenvalue weighted by atomic mass is 32.2. The molecule has 2 heterocycles. The van der Waals surface area contributed by atoms with E-state index in [4.69, 9.17) is 4.74 Å². The number of fused-ring (bicyclic) bond motifs is 2. The van der Waals surface area contributed by atoms with Crippen molar-refractivity contribution in [3.8, 4) is 0 Å². The van der Waals surface area contributed by atoms with Crippen LogP contribution in [-0.2, 0) is 26.0 Å². The van der Waals surface area contributed by atoms with Crippen LogP contribution in [0.1, 0.15) is 41.0 Å². The number of carbonyl (C=O) groups excluding carboxylic acids is 1. The van der Waals surface area contributed by atoms with Gasteiger partial charge in [-0.2, -0.15) is 4.31 Å². The third kappa shape index (κ3) is 5.79. The Morgan fingerprint density at radius 3 is 2.62 bits per heavy atom. The highest BCUT2D eigenvalue weighted by Crippen LogP contribution is 2.38. The van der Waals surface area contributed by atoms with E-state index in [0.29, 0.717) is 31.6 Å². The van der Waals surface area contributed by atoms with Crippen molar-refractivity contribution in [2.45, 2.75) is 37.6 Å². The zero-order chi connectivity index (χ0) is 27.4. The molecule has 0 radical (unpaired) electrons. The fourth-order valence-corrected chi connectivity index (χ4v) is 7.81. The van der Waals surface area contributed by atoms with Gasteiger partial charge < -0.3 is 9.64 Å². The molecule has 0 aliphatic carbocycles. The summed E-state index contributed by atoms with van der Waals surface area (Å²) in [6.45, 7) is 5.47. The molecule has 39 heavy (non-hydrogen) atoms. The van der Waals surface area contributed by atoms with Gasteiger partial charge in [-0.3, -0.25) is 4.79 Å². The van der Waals surface area contributed by atoms with Crippen molar-refractivity contribution in [2.24, 2.45) is 0 Å². The van der Waals surface area contributed by atoms with Gasteiger partial charge in [0.25, 0.3) is 0 Å². The number of hydrogen-bond acceptors (Lipinski definition) is 5. The van der Waals surface area contributed by atoms with Gasteiger partial charge in [0.1, 0.15) is 0 Å². The molecular formula is C31H34N2O4S2. The Morgan fingerprint density at radius 1 is 1.05 bits per heavy atom. The molecule has 1 amide bonds. The summed E-state index contributed by atoms with van der Waals surface area (Å²) in [6, 6.07) is 22.8. The van der Waals surface area contributed by atoms with Crippen LogP contribution in [0, 0.1) is 6.92 Å². The third-order valence-corrected chi connectivity index (χ3v) is 10.2. The predicted octanol–water partition coefficient (Wildman–Crippen LogP) is 5.80. The van der Waals surface area contributed by atoms with Gasteiger partial charge in [0.15, 0.2) is 0 Å². The quantitative estimate of drug-likeness (QED) is 0.229. The van der Waals surface area contributed by atoms with Crippen LogP contribution in [0.2, 0.25) is 0 Å². The molecule has 1 unspecified atom stereocenters. The molecule has 0 bridgehead atoms. The summed E-state index contributed by atoms with van der Waals surface area (Å²) in [7, 11) is -3.95.